The van der Waals surface area contributed by atoms with Crippen molar-refractivity contribution in [2.75, 3.05) is 6.54 Å². The normalized spacial score (nSPS) is 17.6. The molecule has 4 nitrogen and oxygen atoms in total. The number of hydrogen-bond donors (Lipinski definition) is 0. The SMILES string of the molecule is CCCC[C@@H]1C=CCN1C(=O)c1ccc2nccnc2c1. The minimum absolute atomic E-state index is 0.0775. The molecule has 0 saturated carbocycles. The largest absolute Gasteiger partial charge is 0.328 e. The molecule has 4 heteroatoms. The molecule has 21 heavy (non-hydrogen) atoms. The first-order chi connectivity index (χ1) is 10.3. The van der Waals surface area contributed by atoms with Crippen molar-refractivity contribution in [1.29, 1.82) is 0 Å². The number of aromatic nitrogens is 2. The maximum absolute atomic E-state index is 12.7. The van der Waals surface area contributed by atoms with E-state index in [1.165, 1.54) is 0 Å². The Hall–Kier alpha value is -2.23. The van der Waals surface area contributed by atoms with Gasteiger partial charge in [0.25, 0.3) is 5.91 Å². The van der Waals surface area contributed by atoms with Crippen LogP contribution in [0.1, 0.15) is 36.5 Å². The fourth-order valence-electron chi connectivity index (χ4n) is 2.73. The highest BCUT2D eigenvalue weighted by Crippen LogP contribution is 2.20. The van der Waals surface area contributed by atoms with Crippen LogP contribution < -0.4 is 0 Å². The topological polar surface area (TPSA) is 46.1 Å². The molecule has 1 aliphatic rings. The Balaban J connectivity index is 1.82. The van der Waals surface area contributed by atoms with Crippen LogP contribution >= 0.6 is 0 Å². The highest BCUT2D eigenvalue weighted by atomic mass is 16.2. The van der Waals surface area contributed by atoms with E-state index in [0.29, 0.717) is 12.1 Å². The quantitative estimate of drug-likeness (QED) is 0.808. The van der Waals surface area contributed by atoms with Gasteiger partial charge in [-0.1, -0.05) is 31.9 Å². The van der Waals surface area contributed by atoms with Crippen LogP contribution in [-0.2, 0) is 0 Å². The Bertz CT molecular complexity index is 681. The second kappa shape index (κ2) is 6.04. The first-order valence-electron chi connectivity index (χ1n) is 7.48. The van der Waals surface area contributed by atoms with Gasteiger partial charge in [-0.05, 0) is 24.6 Å². The number of unbranched alkanes of at least 4 members (excludes halogenated alkanes) is 1. The molecule has 0 radical (unpaired) electrons. The Morgan fingerprint density at radius 3 is 2.90 bits per heavy atom. The maximum atomic E-state index is 12.7. The number of benzene rings is 1. The summed E-state index contributed by atoms with van der Waals surface area (Å²) < 4.78 is 0. The van der Waals surface area contributed by atoms with Crippen LogP contribution in [0.2, 0.25) is 0 Å². The summed E-state index contributed by atoms with van der Waals surface area (Å²) in [5.74, 6) is 0.0775. The van der Waals surface area contributed by atoms with Gasteiger partial charge >= 0.3 is 0 Å². The minimum Gasteiger partial charge on any atom is -0.328 e. The lowest BCUT2D eigenvalue weighted by Crippen LogP contribution is -2.36. The van der Waals surface area contributed by atoms with Gasteiger partial charge in [-0.2, -0.15) is 0 Å². The van der Waals surface area contributed by atoms with E-state index in [1.54, 1.807) is 12.4 Å². The molecule has 1 atom stereocenters. The minimum atomic E-state index is 0.0775. The fraction of sp³-hybridized carbons (Fsp3) is 0.353. The maximum Gasteiger partial charge on any atom is 0.254 e. The molecule has 0 saturated heterocycles. The first kappa shape index (κ1) is 13.7. The standard InChI is InChI=1S/C17H19N3O/c1-2-3-5-14-6-4-11-20(14)17(21)13-7-8-15-16(12-13)19-10-9-18-15/h4,6-10,12,14H,2-3,5,11H2,1H3/t14-/m1/s1. The lowest BCUT2D eigenvalue weighted by atomic mass is 10.1. The number of hydrogen-bond acceptors (Lipinski definition) is 3. The van der Waals surface area contributed by atoms with Gasteiger partial charge < -0.3 is 4.90 Å². The van der Waals surface area contributed by atoms with Crippen molar-refractivity contribution in [2.24, 2.45) is 0 Å². The summed E-state index contributed by atoms with van der Waals surface area (Å²) in [7, 11) is 0. The summed E-state index contributed by atoms with van der Waals surface area (Å²) in [6.07, 6.45) is 10.9. The van der Waals surface area contributed by atoms with Crippen molar-refractivity contribution >= 4 is 16.9 Å². The number of carbonyl (C=O) groups excluding carboxylic acids is 1. The predicted molar refractivity (Wildman–Crippen MR) is 83.0 cm³/mol. The van der Waals surface area contributed by atoms with Crippen molar-refractivity contribution in [3.8, 4) is 0 Å². The summed E-state index contributed by atoms with van der Waals surface area (Å²) >= 11 is 0. The van der Waals surface area contributed by atoms with Crippen molar-refractivity contribution < 1.29 is 4.79 Å². The molecule has 0 bridgehead atoms. The summed E-state index contributed by atoms with van der Waals surface area (Å²) in [4.78, 5) is 23.1. The fourth-order valence-corrected chi connectivity index (χ4v) is 2.73. The third kappa shape index (κ3) is 2.79. The van der Waals surface area contributed by atoms with E-state index >= 15 is 0 Å². The van der Waals surface area contributed by atoms with E-state index in [9.17, 15) is 4.79 Å². The summed E-state index contributed by atoms with van der Waals surface area (Å²) in [6, 6.07) is 5.77. The molecule has 3 rings (SSSR count). The molecule has 1 aromatic heterocycles. The van der Waals surface area contributed by atoms with Crippen molar-refractivity contribution in [1.82, 2.24) is 14.9 Å². The summed E-state index contributed by atoms with van der Waals surface area (Å²) in [5.41, 5.74) is 2.27. The lowest BCUT2D eigenvalue weighted by Gasteiger charge is -2.24. The van der Waals surface area contributed by atoms with Crippen LogP contribution in [0.25, 0.3) is 11.0 Å². The lowest BCUT2D eigenvalue weighted by molar-refractivity contribution is 0.0743. The number of amides is 1. The second-order valence-corrected chi connectivity index (χ2v) is 5.36. The first-order valence-corrected chi connectivity index (χ1v) is 7.48. The monoisotopic (exact) mass is 281 g/mol. The van der Waals surface area contributed by atoms with Crippen LogP contribution in [0.15, 0.2) is 42.7 Å². The van der Waals surface area contributed by atoms with E-state index in [0.717, 1.165) is 30.3 Å². The zero-order valence-corrected chi connectivity index (χ0v) is 12.2. The average Bonchev–Trinajstić information content (AvgIpc) is 3.00. The van der Waals surface area contributed by atoms with E-state index in [1.807, 2.05) is 23.1 Å². The number of nitrogens with zero attached hydrogens (tertiary/aromatic N) is 3. The van der Waals surface area contributed by atoms with Crippen LogP contribution in [0, 0.1) is 0 Å². The molecular formula is C17H19N3O. The molecular weight excluding hydrogens is 262 g/mol. The molecule has 0 aliphatic carbocycles. The second-order valence-electron chi connectivity index (χ2n) is 5.36. The van der Waals surface area contributed by atoms with Crippen molar-refractivity contribution in [2.45, 2.75) is 32.2 Å². The van der Waals surface area contributed by atoms with Gasteiger partial charge in [-0.15, -0.1) is 0 Å². The van der Waals surface area contributed by atoms with E-state index < -0.39 is 0 Å². The molecule has 2 aromatic rings. The van der Waals surface area contributed by atoms with Gasteiger partial charge in [0.15, 0.2) is 0 Å². The van der Waals surface area contributed by atoms with Crippen molar-refractivity contribution in [3.05, 3.63) is 48.3 Å². The van der Waals surface area contributed by atoms with Gasteiger partial charge in [0.05, 0.1) is 17.1 Å². The van der Waals surface area contributed by atoms with E-state index in [2.05, 4.69) is 29.0 Å². The molecule has 0 fully saturated rings. The van der Waals surface area contributed by atoms with Gasteiger partial charge in [-0.3, -0.25) is 14.8 Å². The van der Waals surface area contributed by atoms with E-state index in [4.69, 9.17) is 0 Å². The van der Waals surface area contributed by atoms with E-state index in [-0.39, 0.29) is 11.9 Å². The molecule has 0 N–H and O–H groups in total. The summed E-state index contributed by atoms with van der Waals surface area (Å²) in [6.45, 7) is 2.87. The van der Waals surface area contributed by atoms with Gasteiger partial charge in [0, 0.05) is 24.5 Å². The molecule has 1 aromatic carbocycles. The van der Waals surface area contributed by atoms with Crippen LogP contribution in [0.3, 0.4) is 0 Å². The number of fused-ring (bicyclic) bond motifs is 1. The highest BCUT2D eigenvalue weighted by molar-refractivity contribution is 5.97. The Kier molecular flexibility index (Phi) is 3.95. The van der Waals surface area contributed by atoms with Crippen LogP contribution in [-0.4, -0.2) is 33.4 Å². The molecule has 1 amide bonds. The predicted octanol–water partition coefficient (Wildman–Crippen LogP) is 3.20. The van der Waals surface area contributed by atoms with Crippen molar-refractivity contribution in [3.63, 3.8) is 0 Å². The zero-order chi connectivity index (χ0) is 14.7. The zero-order valence-electron chi connectivity index (χ0n) is 12.2. The van der Waals surface area contributed by atoms with Gasteiger partial charge in [0.2, 0.25) is 0 Å². The summed E-state index contributed by atoms with van der Waals surface area (Å²) in [5, 5.41) is 0. The highest BCUT2D eigenvalue weighted by Gasteiger charge is 2.25. The molecule has 0 unspecified atom stereocenters. The molecule has 2 heterocycles. The molecule has 108 valence electrons. The Labute approximate surface area is 124 Å². The smallest absolute Gasteiger partial charge is 0.254 e. The molecule has 0 spiro atoms. The van der Waals surface area contributed by atoms with Crippen LogP contribution in [0.5, 0.6) is 0 Å². The third-order valence-corrected chi connectivity index (χ3v) is 3.89. The number of rotatable bonds is 4. The van der Waals surface area contributed by atoms with Gasteiger partial charge in [0.1, 0.15) is 0 Å². The third-order valence-electron chi connectivity index (χ3n) is 3.89. The average molecular weight is 281 g/mol. The molecule has 1 aliphatic heterocycles. The van der Waals surface area contributed by atoms with Gasteiger partial charge in [-0.25, -0.2) is 0 Å². The Morgan fingerprint density at radius 2 is 2.10 bits per heavy atom. The Morgan fingerprint density at radius 1 is 1.29 bits per heavy atom. The van der Waals surface area contributed by atoms with Crippen LogP contribution in [0.4, 0.5) is 0 Å². The number of carbonyl (C=O) groups is 1.